The zero-order valence-corrected chi connectivity index (χ0v) is 15.5. The molecule has 0 amide bonds. The van der Waals surface area contributed by atoms with Crippen molar-refractivity contribution in [3.05, 3.63) is 23.4 Å². The highest BCUT2D eigenvalue weighted by molar-refractivity contribution is 6.32. The fraction of sp³-hybridized carbons (Fsp3) is 0.611. The maximum Gasteiger partial charge on any atom is 0.255 e. The third kappa shape index (κ3) is 4.09. The molecule has 8 heteroatoms. The summed E-state index contributed by atoms with van der Waals surface area (Å²) < 4.78 is 21.5. The zero-order valence-electron chi connectivity index (χ0n) is 14.8. The molecule has 2 aromatic heterocycles. The second kappa shape index (κ2) is 7.39. The van der Waals surface area contributed by atoms with Crippen molar-refractivity contribution in [2.45, 2.75) is 51.5 Å². The second-order valence-corrected chi connectivity index (χ2v) is 7.81. The first-order valence-electron chi connectivity index (χ1n) is 9.25. The van der Waals surface area contributed by atoms with E-state index in [0.717, 1.165) is 37.8 Å². The predicted octanol–water partition coefficient (Wildman–Crippen LogP) is 4.75. The van der Waals surface area contributed by atoms with Gasteiger partial charge in [-0.1, -0.05) is 31.4 Å². The number of nitrogens with one attached hydrogen (secondary N) is 1. The molecule has 2 aliphatic carbocycles. The zero-order chi connectivity index (χ0) is 18.1. The first-order chi connectivity index (χ1) is 12.6. The summed E-state index contributed by atoms with van der Waals surface area (Å²) in [5.74, 6) is 0.907. The van der Waals surface area contributed by atoms with Crippen molar-refractivity contribution in [3.63, 3.8) is 0 Å². The molecule has 2 fully saturated rings. The van der Waals surface area contributed by atoms with E-state index in [2.05, 4.69) is 27.3 Å². The minimum Gasteiger partial charge on any atom is -0.475 e. The molecule has 0 aliphatic heterocycles. The molecular formula is C18H23ClFN5O. The third-order valence-electron chi connectivity index (χ3n) is 5.16. The van der Waals surface area contributed by atoms with Crippen LogP contribution in [0, 0.1) is 17.7 Å². The van der Waals surface area contributed by atoms with E-state index in [1.165, 1.54) is 12.8 Å². The van der Waals surface area contributed by atoms with Crippen molar-refractivity contribution in [2.24, 2.45) is 11.8 Å². The highest BCUT2D eigenvalue weighted by Crippen LogP contribution is 2.37. The Hall–Kier alpha value is -1.89. The minimum atomic E-state index is -0.556. The van der Waals surface area contributed by atoms with Gasteiger partial charge in [0.2, 0.25) is 11.8 Å². The molecule has 0 saturated heterocycles. The van der Waals surface area contributed by atoms with Crippen LogP contribution in [0.15, 0.2) is 12.4 Å². The fourth-order valence-electron chi connectivity index (χ4n) is 3.31. The second-order valence-electron chi connectivity index (χ2n) is 7.45. The van der Waals surface area contributed by atoms with Crippen molar-refractivity contribution < 1.29 is 9.13 Å². The van der Waals surface area contributed by atoms with Crippen LogP contribution in [0.25, 0.3) is 0 Å². The molecule has 2 heterocycles. The number of rotatable bonds is 6. The Labute approximate surface area is 157 Å². The maximum absolute atomic E-state index is 14.0. The number of nitrogens with zero attached hydrogens (tertiary/aromatic N) is 4. The van der Waals surface area contributed by atoms with Crippen LogP contribution in [0.1, 0.15) is 51.5 Å². The van der Waals surface area contributed by atoms with Crippen molar-refractivity contribution >= 4 is 23.2 Å². The Morgan fingerprint density at radius 3 is 2.77 bits per heavy atom. The van der Waals surface area contributed by atoms with Gasteiger partial charge < -0.3 is 10.1 Å². The van der Waals surface area contributed by atoms with Crippen LogP contribution < -0.4 is 10.1 Å². The predicted molar refractivity (Wildman–Crippen MR) is 97.4 cm³/mol. The van der Waals surface area contributed by atoms with Gasteiger partial charge in [-0.2, -0.15) is 14.5 Å². The molecular weight excluding hydrogens is 357 g/mol. The number of ether oxygens (including phenoxy) is 1. The quantitative estimate of drug-likeness (QED) is 0.784. The summed E-state index contributed by atoms with van der Waals surface area (Å²) >= 11 is 6.16. The summed E-state index contributed by atoms with van der Waals surface area (Å²) in [6.45, 7) is 2.76. The number of aromatic nitrogens is 4. The Bertz CT molecular complexity index is 771. The summed E-state index contributed by atoms with van der Waals surface area (Å²) in [5.41, 5.74) is 0.609. The minimum absolute atomic E-state index is 0.0215. The van der Waals surface area contributed by atoms with Gasteiger partial charge in [0, 0.05) is 0 Å². The topological polar surface area (TPSA) is 64.9 Å². The molecule has 0 radical (unpaired) electrons. The molecule has 6 nitrogen and oxygen atoms in total. The fourth-order valence-corrected chi connectivity index (χ4v) is 3.49. The normalized spacial score (nSPS) is 23.0. The van der Waals surface area contributed by atoms with E-state index in [-0.39, 0.29) is 11.8 Å². The van der Waals surface area contributed by atoms with E-state index in [1.807, 2.05) is 10.9 Å². The Kier molecular flexibility index (Phi) is 4.98. The Balaban J connectivity index is 1.40. The van der Waals surface area contributed by atoms with E-state index in [4.69, 9.17) is 16.3 Å². The largest absolute Gasteiger partial charge is 0.475 e. The van der Waals surface area contributed by atoms with E-state index in [9.17, 15) is 4.39 Å². The number of anilines is 2. The lowest BCUT2D eigenvalue weighted by Gasteiger charge is -2.25. The Morgan fingerprint density at radius 2 is 2.04 bits per heavy atom. The molecule has 2 aromatic rings. The van der Waals surface area contributed by atoms with E-state index >= 15 is 0 Å². The van der Waals surface area contributed by atoms with Crippen LogP contribution in [0.5, 0.6) is 5.88 Å². The lowest BCUT2D eigenvalue weighted by atomic mass is 9.83. The van der Waals surface area contributed by atoms with Crippen LogP contribution in [-0.2, 0) is 0 Å². The van der Waals surface area contributed by atoms with Crippen molar-refractivity contribution in [1.82, 2.24) is 19.7 Å². The molecule has 0 aromatic carbocycles. The first-order valence-corrected chi connectivity index (χ1v) is 9.63. The molecule has 26 heavy (non-hydrogen) atoms. The average Bonchev–Trinajstić information content (AvgIpc) is 3.41. The monoisotopic (exact) mass is 379 g/mol. The first kappa shape index (κ1) is 17.5. The molecule has 140 valence electrons. The highest BCUT2D eigenvalue weighted by Gasteiger charge is 2.26. The number of hydrogen-bond acceptors (Lipinski definition) is 5. The molecule has 0 spiro atoms. The van der Waals surface area contributed by atoms with Crippen LogP contribution >= 0.6 is 11.6 Å². The molecule has 2 saturated carbocycles. The summed E-state index contributed by atoms with van der Waals surface area (Å²) in [6.07, 6.45) is 9.82. The summed E-state index contributed by atoms with van der Waals surface area (Å²) in [7, 11) is 0. The summed E-state index contributed by atoms with van der Waals surface area (Å²) in [4.78, 5) is 8.14. The number of hydrogen-bond donors (Lipinski definition) is 1. The van der Waals surface area contributed by atoms with Crippen molar-refractivity contribution in [2.75, 3.05) is 11.9 Å². The van der Waals surface area contributed by atoms with Crippen LogP contribution in [0.2, 0.25) is 5.15 Å². The molecule has 4 rings (SSSR count). The van der Waals surface area contributed by atoms with Gasteiger partial charge in [-0.3, -0.25) is 4.68 Å². The van der Waals surface area contributed by atoms with Crippen molar-refractivity contribution in [3.8, 4) is 5.88 Å². The lowest BCUT2D eigenvalue weighted by Crippen LogP contribution is -2.19. The van der Waals surface area contributed by atoms with Gasteiger partial charge in [-0.05, 0) is 37.5 Å². The van der Waals surface area contributed by atoms with Gasteiger partial charge in [0.1, 0.15) is 0 Å². The molecule has 2 aliphatic rings. The lowest BCUT2D eigenvalue weighted by molar-refractivity contribution is 0.178. The smallest absolute Gasteiger partial charge is 0.255 e. The van der Waals surface area contributed by atoms with E-state index in [0.29, 0.717) is 29.4 Å². The third-order valence-corrected chi connectivity index (χ3v) is 5.44. The van der Waals surface area contributed by atoms with Gasteiger partial charge in [0.25, 0.3) is 5.88 Å². The van der Waals surface area contributed by atoms with Gasteiger partial charge >= 0.3 is 0 Å². The van der Waals surface area contributed by atoms with Gasteiger partial charge in [-0.15, -0.1) is 0 Å². The van der Waals surface area contributed by atoms with Crippen molar-refractivity contribution in [1.29, 1.82) is 0 Å². The van der Waals surface area contributed by atoms with Crippen LogP contribution in [0.3, 0.4) is 0 Å². The molecule has 0 bridgehead atoms. The highest BCUT2D eigenvalue weighted by atomic mass is 35.5. The molecule has 0 unspecified atom stereocenters. The van der Waals surface area contributed by atoms with Crippen LogP contribution in [-0.4, -0.2) is 26.4 Å². The van der Waals surface area contributed by atoms with Crippen LogP contribution in [0.4, 0.5) is 16.0 Å². The summed E-state index contributed by atoms with van der Waals surface area (Å²) in [5, 5.41) is 7.62. The summed E-state index contributed by atoms with van der Waals surface area (Å²) in [6, 6.07) is 0.425. The molecule has 1 N–H and O–H groups in total. The van der Waals surface area contributed by atoms with Gasteiger partial charge in [0.15, 0.2) is 5.15 Å². The van der Waals surface area contributed by atoms with E-state index in [1.54, 1.807) is 0 Å². The van der Waals surface area contributed by atoms with Gasteiger partial charge in [-0.25, -0.2) is 4.98 Å². The Morgan fingerprint density at radius 1 is 1.27 bits per heavy atom. The number of halogens is 2. The SMILES string of the molecule is C[C@H]1CC[C@H](COc2nc(Nc3cn(C4CC4)nc3Cl)ncc2F)CC1. The maximum atomic E-state index is 14.0. The van der Waals surface area contributed by atoms with E-state index < -0.39 is 5.82 Å². The molecule has 0 atom stereocenters. The average molecular weight is 380 g/mol. The standard InChI is InChI=1S/C18H23ClFN5O/c1-11-2-4-12(5-3-11)10-26-17-14(20)8-21-18(23-17)22-15-9-25(13-6-7-13)24-16(15)19/h8-9,11-13H,2-7,10H2,1H3,(H,21,22,23)/t11-,12-. The van der Waals surface area contributed by atoms with Gasteiger partial charge in [0.05, 0.1) is 30.7 Å².